The Bertz CT molecular complexity index is 525. The number of nitrogens with zero attached hydrogens (tertiary/aromatic N) is 1. The van der Waals surface area contributed by atoms with Crippen LogP contribution in [0.3, 0.4) is 0 Å². The molecule has 0 saturated heterocycles. The molecular formula is C11H9FN2O2S. The SMILES string of the molecule is O=C(O)c1nc(CNc2ccc(F)cc2)cs1. The fraction of sp³-hybridized carbons (Fsp3) is 0.0909. The van der Waals surface area contributed by atoms with E-state index < -0.39 is 5.97 Å². The molecule has 0 fully saturated rings. The number of hydrogen-bond donors (Lipinski definition) is 2. The van der Waals surface area contributed by atoms with Gasteiger partial charge in [-0.2, -0.15) is 0 Å². The highest BCUT2D eigenvalue weighted by atomic mass is 32.1. The van der Waals surface area contributed by atoms with Gasteiger partial charge in [0.15, 0.2) is 0 Å². The van der Waals surface area contributed by atoms with E-state index >= 15 is 0 Å². The first-order chi connectivity index (χ1) is 8.15. The first-order valence-electron chi connectivity index (χ1n) is 4.82. The largest absolute Gasteiger partial charge is 0.476 e. The van der Waals surface area contributed by atoms with Crippen molar-refractivity contribution >= 4 is 23.0 Å². The fourth-order valence-electron chi connectivity index (χ4n) is 1.25. The number of anilines is 1. The minimum absolute atomic E-state index is 0.0703. The summed E-state index contributed by atoms with van der Waals surface area (Å²) in [7, 11) is 0. The molecule has 1 aromatic heterocycles. The quantitative estimate of drug-likeness (QED) is 0.878. The smallest absolute Gasteiger partial charge is 0.365 e. The summed E-state index contributed by atoms with van der Waals surface area (Å²) < 4.78 is 12.6. The van der Waals surface area contributed by atoms with Crippen molar-refractivity contribution in [2.75, 3.05) is 5.32 Å². The van der Waals surface area contributed by atoms with Crippen molar-refractivity contribution in [1.82, 2.24) is 4.98 Å². The van der Waals surface area contributed by atoms with E-state index in [1.165, 1.54) is 12.1 Å². The summed E-state index contributed by atoms with van der Waals surface area (Å²) in [6.07, 6.45) is 0. The van der Waals surface area contributed by atoms with Crippen LogP contribution in [0.2, 0.25) is 0 Å². The highest BCUT2D eigenvalue weighted by Gasteiger charge is 2.08. The molecule has 0 amide bonds. The van der Waals surface area contributed by atoms with Crippen molar-refractivity contribution < 1.29 is 14.3 Å². The zero-order valence-corrected chi connectivity index (χ0v) is 9.50. The number of carboxylic acid groups (broad SMARTS) is 1. The Kier molecular flexibility index (Phi) is 3.34. The van der Waals surface area contributed by atoms with Gasteiger partial charge in [-0.15, -0.1) is 11.3 Å². The van der Waals surface area contributed by atoms with Gasteiger partial charge >= 0.3 is 5.97 Å². The Labute approximate surface area is 101 Å². The summed E-state index contributed by atoms with van der Waals surface area (Å²) in [4.78, 5) is 14.5. The second-order valence-electron chi connectivity index (χ2n) is 3.31. The first-order valence-corrected chi connectivity index (χ1v) is 5.70. The molecule has 0 saturated carbocycles. The van der Waals surface area contributed by atoms with Crippen molar-refractivity contribution in [2.24, 2.45) is 0 Å². The van der Waals surface area contributed by atoms with Crippen LogP contribution >= 0.6 is 11.3 Å². The summed E-state index contributed by atoms with van der Waals surface area (Å²) in [5.74, 6) is -1.32. The third kappa shape index (κ3) is 3.01. The third-order valence-corrected chi connectivity index (χ3v) is 2.93. The van der Waals surface area contributed by atoms with Gasteiger partial charge in [0, 0.05) is 11.1 Å². The summed E-state index contributed by atoms with van der Waals surface area (Å²) in [5.41, 5.74) is 1.41. The topological polar surface area (TPSA) is 62.2 Å². The number of carbonyl (C=O) groups is 1. The van der Waals surface area contributed by atoms with Crippen LogP contribution < -0.4 is 5.32 Å². The summed E-state index contributed by atoms with van der Waals surface area (Å²) in [5, 5.41) is 13.5. The fourth-order valence-corrected chi connectivity index (χ4v) is 1.90. The van der Waals surface area contributed by atoms with Crippen LogP contribution in [0.25, 0.3) is 0 Å². The second-order valence-corrected chi connectivity index (χ2v) is 4.17. The van der Waals surface area contributed by atoms with Gasteiger partial charge in [-0.25, -0.2) is 14.2 Å². The van der Waals surface area contributed by atoms with Gasteiger partial charge in [-0.3, -0.25) is 0 Å². The number of carboxylic acids is 1. The van der Waals surface area contributed by atoms with Gasteiger partial charge in [-0.1, -0.05) is 0 Å². The number of rotatable bonds is 4. The minimum atomic E-state index is -1.02. The predicted molar refractivity (Wildman–Crippen MR) is 62.8 cm³/mol. The molecule has 2 N–H and O–H groups in total. The molecule has 2 aromatic rings. The summed E-state index contributed by atoms with van der Waals surface area (Å²) in [6, 6.07) is 5.93. The molecule has 0 aliphatic rings. The lowest BCUT2D eigenvalue weighted by Gasteiger charge is -2.03. The Morgan fingerprint density at radius 1 is 1.41 bits per heavy atom. The Hall–Kier alpha value is -1.95. The van der Waals surface area contributed by atoms with Gasteiger partial charge in [0.1, 0.15) is 5.82 Å². The molecule has 0 aliphatic carbocycles. The number of nitrogens with one attached hydrogen (secondary N) is 1. The van der Waals surface area contributed by atoms with Gasteiger partial charge in [0.05, 0.1) is 12.2 Å². The van der Waals surface area contributed by atoms with E-state index in [9.17, 15) is 9.18 Å². The zero-order valence-electron chi connectivity index (χ0n) is 8.68. The van der Waals surface area contributed by atoms with Gasteiger partial charge in [0.2, 0.25) is 5.01 Å². The second kappa shape index (κ2) is 4.92. The Morgan fingerprint density at radius 3 is 2.71 bits per heavy atom. The standard InChI is InChI=1S/C11H9FN2O2S/c12-7-1-3-8(4-2-7)13-5-9-6-17-10(14-9)11(15)16/h1-4,6,13H,5H2,(H,15,16). The van der Waals surface area contributed by atoms with Crippen molar-refractivity contribution in [3.8, 4) is 0 Å². The van der Waals surface area contributed by atoms with Crippen molar-refractivity contribution in [2.45, 2.75) is 6.54 Å². The monoisotopic (exact) mass is 252 g/mol. The molecule has 2 rings (SSSR count). The van der Waals surface area contributed by atoms with Crippen LogP contribution in [0, 0.1) is 5.82 Å². The predicted octanol–water partition coefficient (Wildman–Crippen LogP) is 2.59. The van der Waals surface area contributed by atoms with Crippen molar-refractivity contribution in [3.63, 3.8) is 0 Å². The van der Waals surface area contributed by atoms with Gasteiger partial charge in [0.25, 0.3) is 0 Å². The molecular weight excluding hydrogens is 243 g/mol. The average Bonchev–Trinajstić information content (AvgIpc) is 2.77. The lowest BCUT2D eigenvalue weighted by Crippen LogP contribution is -2.01. The number of hydrogen-bond acceptors (Lipinski definition) is 4. The third-order valence-electron chi connectivity index (χ3n) is 2.05. The van der Waals surface area contributed by atoms with E-state index in [0.29, 0.717) is 12.2 Å². The van der Waals surface area contributed by atoms with E-state index in [0.717, 1.165) is 17.0 Å². The molecule has 0 aliphatic heterocycles. The molecule has 6 heteroatoms. The van der Waals surface area contributed by atoms with Crippen LogP contribution in [0.15, 0.2) is 29.6 Å². The maximum absolute atomic E-state index is 12.6. The molecule has 0 radical (unpaired) electrons. The normalized spacial score (nSPS) is 10.2. The minimum Gasteiger partial charge on any atom is -0.476 e. The van der Waals surface area contributed by atoms with Crippen LogP contribution in [0.4, 0.5) is 10.1 Å². The number of aromatic nitrogens is 1. The lowest BCUT2D eigenvalue weighted by atomic mass is 10.3. The molecule has 1 aromatic carbocycles. The first kappa shape index (κ1) is 11.5. The summed E-state index contributed by atoms with van der Waals surface area (Å²) in [6.45, 7) is 0.412. The van der Waals surface area contributed by atoms with E-state index in [4.69, 9.17) is 5.11 Å². The molecule has 17 heavy (non-hydrogen) atoms. The van der Waals surface area contributed by atoms with Crippen molar-refractivity contribution in [3.05, 3.63) is 46.2 Å². The van der Waals surface area contributed by atoms with Crippen LogP contribution in [-0.2, 0) is 6.54 Å². The Morgan fingerprint density at radius 2 is 2.12 bits per heavy atom. The van der Waals surface area contributed by atoms with E-state index in [1.807, 2.05) is 0 Å². The average molecular weight is 252 g/mol. The van der Waals surface area contributed by atoms with E-state index in [2.05, 4.69) is 10.3 Å². The number of aromatic carboxylic acids is 1. The van der Waals surface area contributed by atoms with Crippen LogP contribution in [0.5, 0.6) is 0 Å². The van der Waals surface area contributed by atoms with E-state index in [-0.39, 0.29) is 10.8 Å². The van der Waals surface area contributed by atoms with Gasteiger partial charge in [-0.05, 0) is 24.3 Å². The van der Waals surface area contributed by atoms with Gasteiger partial charge < -0.3 is 10.4 Å². The molecule has 4 nitrogen and oxygen atoms in total. The summed E-state index contributed by atoms with van der Waals surface area (Å²) >= 11 is 1.08. The molecule has 88 valence electrons. The molecule has 1 heterocycles. The molecule has 0 unspecified atom stereocenters. The number of thiazole rings is 1. The van der Waals surface area contributed by atoms with Crippen molar-refractivity contribution in [1.29, 1.82) is 0 Å². The van der Waals surface area contributed by atoms with E-state index in [1.54, 1.807) is 17.5 Å². The number of halogens is 1. The zero-order chi connectivity index (χ0) is 12.3. The Balaban J connectivity index is 1.97. The molecule has 0 bridgehead atoms. The highest BCUT2D eigenvalue weighted by Crippen LogP contribution is 2.13. The van der Waals surface area contributed by atoms with Crippen LogP contribution in [-0.4, -0.2) is 16.1 Å². The number of benzene rings is 1. The maximum atomic E-state index is 12.6. The lowest BCUT2D eigenvalue weighted by molar-refractivity contribution is 0.0696. The highest BCUT2D eigenvalue weighted by molar-refractivity contribution is 7.11. The molecule has 0 spiro atoms. The maximum Gasteiger partial charge on any atom is 0.365 e. The molecule has 0 atom stereocenters. The van der Waals surface area contributed by atoms with Crippen LogP contribution in [0.1, 0.15) is 15.5 Å².